The van der Waals surface area contributed by atoms with Crippen LogP contribution in [0.5, 0.6) is 0 Å². The van der Waals surface area contributed by atoms with Crippen LogP contribution in [-0.2, 0) is 9.59 Å². The summed E-state index contributed by atoms with van der Waals surface area (Å²) in [6.45, 7) is 0. The summed E-state index contributed by atoms with van der Waals surface area (Å²) in [6, 6.07) is 0. The summed E-state index contributed by atoms with van der Waals surface area (Å²) in [5.41, 5.74) is 0. The van der Waals surface area contributed by atoms with Crippen molar-refractivity contribution in [2.45, 2.75) is 0 Å². The molecule has 0 saturated carbocycles. The SMILES string of the molecule is O.O.O=C1C(O)=C(Cl)C(=O)C(O)=C1Cl.[Na].[Na]. The number of Topliss-reactive ketones (excluding diaryl/α,β-unsaturated/α-hetero) is 2. The van der Waals surface area contributed by atoms with Crippen molar-refractivity contribution in [1.29, 1.82) is 0 Å². The Morgan fingerprint density at radius 2 is 0.938 bits per heavy atom. The first-order valence-electron chi connectivity index (χ1n) is 2.73. The molecule has 1 aliphatic carbocycles. The topological polar surface area (TPSA) is 138 Å². The average molecular weight is 291 g/mol. The Labute approximate surface area is 144 Å². The summed E-state index contributed by atoms with van der Waals surface area (Å²) in [6.07, 6.45) is 0. The predicted molar refractivity (Wildman–Crippen MR) is 59.8 cm³/mol. The van der Waals surface area contributed by atoms with Crippen LogP contribution >= 0.6 is 23.2 Å². The smallest absolute Gasteiger partial charge is 0.244 e. The van der Waals surface area contributed by atoms with E-state index >= 15 is 0 Å². The van der Waals surface area contributed by atoms with Gasteiger partial charge in [-0.15, -0.1) is 0 Å². The maximum Gasteiger partial charge on any atom is 0.244 e. The third kappa shape index (κ3) is 4.66. The van der Waals surface area contributed by atoms with Gasteiger partial charge in [0.05, 0.1) is 0 Å². The fraction of sp³-hybridized carbons (Fsp3) is 0. The molecular formula is C6H6Cl2Na2O6. The van der Waals surface area contributed by atoms with Crippen molar-refractivity contribution in [1.82, 2.24) is 0 Å². The summed E-state index contributed by atoms with van der Waals surface area (Å²) in [5, 5.41) is 16.3. The first-order valence-corrected chi connectivity index (χ1v) is 3.49. The standard InChI is InChI=1S/C6H2Cl2O4.2Na.2H2O/c7-1-3(9)5(11)2(8)6(12)4(1)10;;;;/h9,12H;;;2*1H2. The number of allylic oxidation sites excluding steroid dienone is 2. The summed E-state index contributed by atoms with van der Waals surface area (Å²) in [5.74, 6) is -3.99. The number of halogens is 2. The fourth-order valence-corrected chi connectivity index (χ4v) is 0.973. The van der Waals surface area contributed by atoms with Crippen molar-refractivity contribution < 1.29 is 30.8 Å². The van der Waals surface area contributed by atoms with Gasteiger partial charge in [-0.05, 0) is 0 Å². The van der Waals surface area contributed by atoms with Crippen LogP contribution in [0, 0.1) is 0 Å². The van der Waals surface area contributed by atoms with Crippen LogP contribution in [0.4, 0.5) is 0 Å². The number of rotatable bonds is 0. The van der Waals surface area contributed by atoms with Gasteiger partial charge in [-0.25, -0.2) is 0 Å². The second kappa shape index (κ2) is 9.90. The second-order valence-electron chi connectivity index (χ2n) is 1.98. The molecule has 1 rings (SSSR count). The maximum absolute atomic E-state index is 10.8. The molecule has 0 heterocycles. The predicted octanol–water partition coefficient (Wildman–Crippen LogP) is -1.26. The van der Waals surface area contributed by atoms with Gasteiger partial charge < -0.3 is 21.2 Å². The van der Waals surface area contributed by atoms with Crippen LogP contribution in [0.1, 0.15) is 0 Å². The van der Waals surface area contributed by atoms with Gasteiger partial charge in [0, 0.05) is 59.1 Å². The van der Waals surface area contributed by atoms with E-state index in [-0.39, 0.29) is 70.1 Å². The van der Waals surface area contributed by atoms with Crippen molar-refractivity contribution in [2.24, 2.45) is 0 Å². The summed E-state index contributed by atoms with van der Waals surface area (Å²) < 4.78 is 0. The molecule has 1 aliphatic rings. The zero-order valence-electron chi connectivity index (χ0n) is 8.47. The van der Waals surface area contributed by atoms with Crippen molar-refractivity contribution in [2.75, 3.05) is 0 Å². The Bertz CT molecular complexity index is 289. The van der Waals surface area contributed by atoms with Gasteiger partial charge in [-0.3, -0.25) is 9.59 Å². The van der Waals surface area contributed by atoms with Gasteiger partial charge in [0.25, 0.3) is 0 Å². The quantitative estimate of drug-likeness (QED) is 0.425. The summed E-state index contributed by atoms with van der Waals surface area (Å²) in [7, 11) is 0. The van der Waals surface area contributed by atoms with Gasteiger partial charge in [0.1, 0.15) is 10.1 Å². The molecule has 6 nitrogen and oxygen atoms in total. The molecular weight excluding hydrogens is 285 g/mol. The van der Waals surface area contributed by atoms with Crippen LogP contribution in [0.3, 0.4) is 0 Å². The largest absolute Gasteiger partial charge is 0.503 e. The van der Waals surface area contributed by atoms with Crippen LogP contribution in [-0.4, -0.2) is 91.8 Å². The zero-order chi connectivity index (χ0) is 9.46. The van der Waals surface area contributed by atoms with Gasteiger partial charge in [0.15, 0.2) is 11.5 Å². The maximum atomic E-state index is 10.8. The average Bonchev–Trinajstić information content (AvgIpc) is 2.08. The molecule has 0 saturated heterocycles. The molecule has 6 N–H and O–H groups in total. The third-order valence-corrected chi connectivity index (χ3v) is 1.95. The Morgan fingerprint density at radius 3 is 1.12 bits per heavy atom. The Kier molecular flexibility index (Phi) is 15.9. The van der Waals surface area contributed by atoms with Gasteiger partial charge in [-0.1, -0.05) is 23.2 Å². The Hall–Kier alpha value is 0.920. The van der Waals surface area contributed by atoms with Crippen molar-refractivity contribution >= 4 is 93.9 Å². The molecule has 0 aromatic heterocycles. The molecule has 0 aliphatic heterocycles. The number of carbonyl (C=O) groups excluding carboxylic acids is 2. The minimum atomic E-state index is -1.06. The normalized spacial score (nSPS) is 14.4. The molecule has 0 amide bonds. The number of aliphatic hydroxyl groups is 2. The zero-order valence-corrected chi connectivity index (χ0v) is 14.0. The van der Waals surface area contributed by atoms with E-state index in [0.717, 1.165) is 0 Å². The Morgan fingerprint density at radius 1 is 0.750 bits per heavy atom. The van der Waals surface area contributed by atoms with E-state index in [1.807, 2.05) is 0 Å². The van der Waals surface area contributed by atoms with E-state index < -0.39 is 33.1 Å². The Balaban J connectivity index is -0.000000180. The molecule has 82 valence electrons. The number of hydrogen-bond acceptors (Lipinski definition) is 4. The van der Waals surface area contributed by atoms with Crippen molar-refractivity contribution in [3.63, 3.8) is 0 Å². The van der Waals surface area contributed by atoms with E-state index in [2.05, 4.69) is 0 Å². The first kappa shape index (κ1) is 25.7. The van der Waals surface area contributed by atoms with E-state index in [1.54, 1.807) is 0 Å². The molecule has 2 radical (unpaired) electrons. The number of carbonyl (C=O) groups is 2. The van der Waals surface area contributed by atoms with E-state index in [4.69, 9.17) is 33.4 Å². The first-order chi connectivity index (χ1) is 5.46. The molecule has 0 fully saturated rings. The minimum absolute atomic E-state index is 0. The number of aliphatic hydroxyl groups excluding tert-OH is 2. The third-order valence-electron chi connectivity index (χ3n) is 1.24. The van der Waals surface area contributed by atoms with Crippen molar-refractivity contribution in [3.05, 3.63) is 21.6 Å². The van der Waals surface area contributed by atoms with Gasteiger partial charge in [-0.2, -0.15) is 0 Å². The second-order valence-corrected chi connectivity index (χ2v) is 2.74. The molecule has 0 aromatic rings. The van der Waals surface area contributed by atoms with Gasteiger partial charge in [0.2, 0.25) is 11.6 Å². The van der Waals surface area contributed by atoms with Crippen molar-refractivity contribution in [3.8, 4) is 0 Å². The monoisotopic (exact) mass is 290 g/mol. The number of ketones is 2. The molecule has 0 unspecified atom stereocenters. The molecule has 0 spiro atoms. The van der Waals surface area contributed by atoms with Crippen LogP contribution in [0.25, 0.3) is 0 Å². The van der Waals surface area contributed by atoms with E-state index in [9.17, 15) is 9.59 Å². The van der Waals surface area contributed by atoms with Gasteiger partial charge >= 0.3 is 0 Å². The van der Waals surface area contributed by atoms with Crippen LogP contribution < -0.4 is 0 Å². The molecule has 0 aromatic carbocycles. The summed E-state index contributed by atoms with van der Waals surface area (Å²) in [4.78, 5) is 21.6. The summed E-state index contributed by atoms with van der Waals surface area (Å²) >= 11 is 10.4. The fourth-order valence-electron chi connectivity index (χ4n) is 0.622. The minimum Gasteiger partial charge on any atom is -0.503 e. The van der Waals surface area contributed by atoms with Crippen LogP contribution in [0.2, 0.25) is 0 Å². The van der Waals surface area contributed by atoms with E-state index in [0.29, 0.717) is 0 Å². The molecule has 0 atom stereocenters. The molecule has 0 bridgehead atoms. The molecule has 16 heavy (non-hydrogen) atoms. The van der Waals surface area contributed by atoms with Crippen LogP contribution in [0.15, 0.2) is 21.6 Å². The number of hydrogen-bond donors (Lipinski definition) is 2. The van der Waals surface area contributed by atoms with E-state index in [1.165, 1.54) is 0 Å². The molecule has 10 heteroatoms.